The van der Waals surface area contributed by atoms with Crippen molar-refractivity contribution in [3.8, 4) is 0 Å². The van der Waals surface area contributed by atoms with Crippen LogP contribution in [0.2, 0.25) is 0 Å². The summed E-state index contributed by atoms with van der Waals surface area (Å²) >= 11 is 0. The summed E-state index contributed by atoms with van der Waals surface area (Å²) in [6.07, 6.45) is 11.9. The highest BCUT2D eigenvalue weighted by molar-refractivity contribution is 6.07. The Morgan fingerprint density at radius 2 is 0.794 bits per heavy atom. The molecule has 4 aliphatic carbocycles. The quantitative estimate of drug-likeness (QED) is 0.329. The smallest absolute Gasteiger partial charge is 0.233 e. The van der Waals surface area contributed by atoms with Gasteiger partial charge < -0.3 is 0 Å². The van der Waals surface area contributed by atoms with E-state index < -0.39 is 0 Å². The second-order valence-electron chi connectivity index (χ2n) is 12.7. The van der Waals surface area contributed by atoms with Gasteiger partial charge in [0.1, 0.15) is 0 Å². The van der Waals surface area contributed by atoms with Crippen LogP contribution < -0.4 is 0 Å². The van der Waals surface area contributed by atoms with Crippen molar-refractivity contribution >= 4 is 23.6 Å². The zero-order valence-electron chi connectivity index (χ0n) is 20.7. The molecule has 0 spiro atoms. The molecule has 4 fully saturated rings. The first kappa shape index (κ1) is 22.2. The van der Waals surface area contributed by atoms with Crippen molar-refractivity contribution in [3.05, 3.63) is 24.3 Å². The Balaban J connectivity index is 0.972. The predicted octanol–water partition coefficient (Wildman–Crippen LogP) is 3.43. The number of hydrogen-bond donors (Lipinski definition) is 0. The minimum Gasteiger partial charge on any atom is -0.282 e. The van der Waals surface area contributed by atoms with Crippen LogP contribution in [0.3, 0.4) is 0 Å². The molecule has 2 aliphatic heterocycles. The fourth-order valence-electron chi connectivity index (χ4n) is 8.64. The van der Waals surface area contributed by atoms with E-state index in [-0.39, 0.29) is 81.8 Å². The van der Waals surface area contributed by atoms with Crippen LogP contribution in [0, 0.1) is 58.2 Å². The Morgan fingerprint density at radius 3 is 1.06 bits per heavy atom. The third-order valence-electron chi connectivity index (χ3n) is 10.5. The summed E-state index contributed by atoms with van der Waals surface area (Å²) < 4.78 is 0. The molecule has 182 valence electrons. The van der Waals surface area contributed by atoms with E-state index >= 15 is 0 Å². The SMILES string of the molecule is CC1(C)C2C=CC1C1C(=O)N(CCCCCCN3C(=O)C4C(C3=O)C3C=CC4C3(C)C)C(=O)C12. The van der Waals surface area contributed by atoms with Crippen LogP contribution in [0.1, 0.15) is 53.4 Å². The lowest BCUT2D eigenvalue weighted by Crippen LogP contribution is -2.37. The van der Waals surface area contributed by atoms with Gasteiger partial charge in [-0.2, -0.15) is 0 Å². The van der Waals surface area contributed by atoms with E-state index in [9.17, 15) is 19.2 Å². The van der Waals surface area contributed by atoms with E-state index in [0.717, 1.165) is 25.7 Å². The Bertz CT molecular complexity index is 889. The van der Waals surface area contributed by atoms with Gasteiger partial charge in [0.15, 0.2) is 0 Å². The number of carbonyl (C=O) groups is 4. The van der Waals surface area contributed by atoms with Crippen molar-refractivity contribution in [2.45, 2.75) is 53.4 Å². The second kappa shape index (κ2) is 7.14. The van der Waals surface area contributed by atoms with E-state index in [1.807, 2.05) is 0 Å². The lowest BCUT2D eigenvalue weighted by atomic mass is 9.78. The Hall–Kier alpha value is -2.24. The summed E-state index contributed by atoms with van der Waals surface area (Å²) in [4.78, 5) is 55.1. The van der Waals surface area contributed by atoms with Crippen molar-refractivity contribution < 1.29 is 19.2 Å². The largest absolute Gasteiger partial charge is 0.282 e. The van der Waals surface area contributed by atoms with Crippen molar-refractivity contribution in [3.63, 3.8) is 0 Å². The molecule has 6 heteroatoms. The van der Waals surface area contributed by atoms with Gasteiger partial charge in [0.05, 0.1) is 23.7 Å². The number of nitrogens with zero attached hydrogens (tertiary/aromatic N) is 2. The summed E-state index contributed by atoms with van der Waals surface area (Å²) in [6, 6.07) is 0. The van der Waals surface area contributed by atoms with Gasteiger partial charge in [0.2, 0.25) is 23.6 Å². The number of unbranched alkanes of at least 4 members (excludes halogenated alkanes) is 3. The van der Waals surface area contributed by atoms with Crippen LogP contribution in [0.4, 0.5) is 0 Å². The third kappa shape index (κ3) is 2.63. The van der Waals surface area contributed by atoms with Crippen LogP contribution >= 0.6 is 0 Å². The Kier molecular flexibility index (Phi) is 4.67. The molecule has 8 unspecified atom stereocenters. The van der Waals surface area contributed by atoms with Gasteiger partial charge in [-0.15, -0.1) is 0 Å². The number of hydrogen-bond acceptors (Lipinski definition) is 4. The monoisotopic (exact) mass is 464 g/mol. The van der Waals surface area contributed by atoms with Crippen molar-refractivity contribution in [2.75, 3.05) is 13.1 Å². The molecule has 6 nitrogen and oxygen atoms in total. The standard InChI is InChI=1S/C28H36N2O4/c1-27(2)15-9-10-16(27)20-19(15)23(31)29(24(20)32)13-7-5-6-8-14-30-25(33)21-17-11-12-18(28(17,3)4)22(21)26(30)34/h9-12,15-22H,5-8,13-14H2,1-4H3. The van der Waals surface area contributed by atoms with E-state index in [1.54, 1.807) is 0 Å². The van der Waals surface area contributed by atoms with E-state index in [2.05, 4.69) is 52.0 Å². The number of fused-ring (bicyclic) bond motifs is 10. The average Bonchev–Trinajstić information content (AvgIpc) is 3.53. The molecular formula is C28H36N2O4. The van der Waals surface area contributed by atoms with Crippen molar-refractivity contribution in [1.29, 1.82) is 0 Å². The normalized spacial score (nSPS) is 42.0. The zero-order chi connectivity index (χ0) is 24.2. The van der Waals surface area contributed by atoms with Gasteiger partial charge in [0, 0.05) is 13.1 Å². The first-order chi connectivity index (χ1) is 16.1. The number of carbonyl (C=O) groups excluding carboxylic acids is 4. The molecule has 0 aromatic rings. The van der Waals surface area contributed by atoms with Crippen LogP contribution in [0.5, 0.6) is 0 Å². The van der Waals surface area contributed by atoms with Crippen LogP contribution in [-0.4, -0.2) is 46.5 Å². The van der Waals surface area contributed by atoms with E-state index in [4.69, 9.17) is 0 Å². The molecule has 0 N–H and O–H groups in total. The van der Waals surface area contributed by atoms with Gasteiger partial charge in [-0.1, -0.05) is 64.8 Å². The van der Waals surface area contributed by atoms with Crippen LogP contribution in [0.15, 0.2) is 24.3 Å². The predicted molar refractivity (Wildman–Crippen MR) is 126 cm³/mol. The molecule has 4 bridgehead atoms. The molecule has 0 radical (unpaired) electrons. The summed E-state index contributed by atoms with van der Waals surface area (Å²) in [5.74, 6) is 0.110. The van der Waals surface area contributed by atoms with Gasteiger partial charge in [-0.05, 0) is 47.3 Å². The highest BCUT2D eigenvalue weighted by atomic mass is 16.2. The second-order valence-corrected chi connectivity index (χ2v) is 12.7. The minimum absolute atomic E-state index is 0.00101. The minimum atomic E-state index is -0.168. The molecule has 0 aromatic heterocycles. The lowest BCUT2D eigenvalue weighted by Gasteiger charge is -2.28. The van der Waals surface area contributed by atoms with E-state index in [0.29, 0.717) is 13.1 Å². The third-order valence-corrected chi connectivity index (χ3v) is 10.5. The van der Waals surface area contributed by atoms with Gasteiger partial charge in [0.25, 0.3) is 0 Å². The first-order valence-electron chi connectivity index (χ1n) is 13.2. The lowest BCUT2D eigenvalue weighted by molar-refractivity contribution is -0.143. The molecular weight excluding hydrogens is 428 g/mol. The van der Waals surface area contributed by atoms with E-state index in [1.165, 1.54) is 9.80 Å². The number of rotatable bonds is 7. The molecule has 2 saturated carbocycles. The van der Waals surface area contributed by atoms with Gasteiger partial charge >= 0.3 is 0 Å². The zero-order valence-corrected chi connectivity index (χ0v) is 20.7. The maximum atomic E-state index is 13.0. The molecule has 6 rings (SSSR count). The maximum absolute atomic E-state index is 13.0. The summed E-state index contributed by atoms with van der Waals surface area (Å²) in [7, 11) is 0. The molecule has 2 saturated heterocycles. The highest BCUT2D eigenvalue weighted by Gasteiger charge is 2.67. The summed E-state index contributed by atoms with van der Waals surface area (Å²) in [6.45, 7) is 9.68. The number of allylic oxidation sites excluding steroid dienone is 4. The summed E-state index contributed by atoms with van der Waals surface area (Å²) in [5.41, 5.74) is 0.00201. The average molecular weight is 465 g/mol. The first-order valence-corrected chi connectivity index (χ1v) is 13.2. The molecule has 6 aliphatic rings. The number of likely N-dealkylation sites (tertiary alicyclic amines) is 2. The highest BCUT2D eigenvalue weighted by Crippen LogP contribution is 2.63. The molecule has 34 heavy (non-hydrogen) atoms. The fourth-order valence-corrected chi connectivity index (χ4v) is 8.64. The van der Waals surface area contributed by atoms with Crippen molar-refractivity contribution in [1.82, 2.24) is 9.80 Å². The number of imide groups is 2. The molecule has 4 amide bonds. The molecule has 8 atom stereocenters. The van der Waals surface area contributed by atoms with Crippen LogP contribution in [0.25, 0.3) is 0 Å². The Morgan fingerprint density at radius 1 is 0.529 bits per heavy atom. The van der Waals surface area contributed by atoms with Gasteiger partial charge in [-0.3, -0.25) is 29.0 Å². The number of amides is 4. The fraction of sp³-hybridized carbons (Fsp3) is 0.714. The maximum Gasteiger partial charge on any atom is 0.233 e. The molecule has 2 heterocycles. The summed E-state index contributed by atoms with van der Waals surface area (Å²) in [5, 5.41) is 0. The Labute approximate surface area is 201 Å². The topological polar surface area (TPSA) is 74.8 Å². The van der Waals surface area contributed by atoms with Gasteiger partial charge in [-0.25, -0.2) is 0 Å². The van der Waals surface area contributed by atoms with Crippen LogP contribution in [-0.2, 0) is 19.2 Å². The molecule has 0 aromatic carbocycles. The van der Waals surface area contributed by atoms with Crippen molar-refractivity contribution in [2.24, 2.45) is 58.2 Å².